The van der Waals surface area contributed by atoms with Gasteiger partial charge in [0.1, 0.15) is 0 Å². The normalized spacial score (nSPS) is 10.1. The third-order valence-corrected chi connectivity index (χ3v) is 1.49. The zero-order valence-electron chi connectivity index (χ0n) is 8.04. The van der Waals surface area contributed by atoms with Gasteiger partial charge in [-0.05, 0) is 0 Å². The molecule has 0 aromatic carbocycles. The fourth-order valence-corrected chi connectivity index (χ4v) is 0.714. The number of amides is 2. The first-order chi connectivity index (χ1) is 6.34. The predicted molar refractivity (Wildman–Crippen MR) is 44.4 cm³/mol. The maximum absolute atomic E-state index is 10.5. The van der Waals surface area contributed by atoms with Gasteiger partial charge in [0, 0.05) is 13.8 Å². The minimum Gasteiger partial charge on any atom is -0.389 e. The molecule has 0 saturated carbocycles. The van der Waals surface area contributed by atoms with E-state index < -0.39 is 17.9 Å². The van der Waals surface area contributed by atoms with Crippen LogP contribution in [0.4, 0.5) is 0 Å². The highest BCUT2D eigenvalue weighted by Gasteiger charge is 2.16. The molecule has 0 saturated heterocycles. The molecule has 0 bridgehead atoms. The quantitative estimate of drug-likeness (QED) is 0.397. The van der Waals surface area contributed by atoms with Crippen LogP contribution >= 0.6 is 0 Å². The summed E-state index contributed by atoms with van der Waals surface area (Å²) in [7, 11) is 0. The third-order valence-electron chi connectivity index (χ3n) is 1.49. The lowest BCUT2D eigenvalue weighted by Crippen LogP contribution is -2.41. The predicted octanol–water partition coefficient (Wildman–Crippen LogP) is -1.18. The van der Waals surface area contributed by atoms with Crippen LogP contribution in [0.25, 0.3) is 0 Å². The van der Waals surface area contributed by atoms with Crippen LogP contribution in [0, 0.1) is 0 Å². The minimum absolute atomic E-state index is 0.304. The standard InChI is InChI=1S/C7H14N2O5/c1-5(10)8(13)3-7(12)4-9(14)6(2)11/h7,12-14H,3-4H2,1-2H3. The monoisotopic (exact) mass is 206 g/mol. The zero-order chi connectivity index (χ0) is 11.3. The van der Waals surface area contributed by atoms with Crippen molar-refractivity contribution < 1.29 is 25.1 Å². The first-order valence-electron chi connectivity index (χ1n) is 3.96. The summed E-state index contributed by atoms with van der Waals surface area (Å²) in [5.41, 5.74) is 0. The van der Waals surface area contributed by atoms with E-state index in [1.807, 2.05) is 0 Å². The van der Waals surface area contributed by atoms with Crippen molar-refractivity contribution in [1.29, 1.82) is 0 Å². The molecule has 0 aliphatic carbocycles. The Hall–Kier alpha value is -1.18. The van der Waals surface area contributed by atoms with E-state index in [2.05, 4.69) is 0 Å². The van der Waals surface area contributed by atoms with E-state index in [9.17, 15) is 14.7 Å². The van der Waals surface area contributed by atoms with Crippen LogP contribution in [0.1, 0.15) is 13.8 Å². The summed E-state index contributed by atoms with van der Waals surface area (Å²) in [6.07, 6.45) is -1.20. The number of aliphatic hydroxyl groups excluding tert-OH is 1. The molecule has 0 spiro atoms. The van der Waals surface area contributed by atoms with Crippen molar-refractivity contribution >= 4 is 11.8 Å². The molecule has 3 N–H and O–H groups in total. The molecule has 7 nitrogen and oxygen atoms in total. The van der Waals surface area contributed by atoms with Gasteiger partial charge in [0.05, 0.1) is 19.2 Å². The Bertz CT molecular complexity index is 198. The van der Waals surface area contributed by atoms with E-state index in [0.717, 1.165) is 13.8 Å². The van der Waals surface area contributed by atoms with Crippen LogP contribution in [0.15, 0.2) is 0 Å². The van der Waals surface area contributed by atoms with Crippen molar-refractivity contribution in [3.8, 4) is 0 Å². The number of nitrogens with zero attached hydrogens (tertiary/aromatic N) is 2. The topological polar surface area (TPSA) is 101 Å². The van der Waals surface area contributed by atoms with Gasteiger partial charge in [-0.2, -0.15) is 0 Å². The molecule has 2 amide bonds. The lowest BCUT2D eigenvalue weighted by atomic mass is 10.3. The Balaban J connectivity index is 3.92. The smallest absolute Gasteiger partial charge is 0.242 e. The third kappa shape index (κ3) is 4.75. The summed E-state index contributed by atoms with van der Waals surface area (Å²) < 4.78 is 0. The van der Waals surface area contributed by atoms with Crippen molar-refractivity contribution in [3.05, 3.63) is 0 Å². The number of carbonyl (C=O) groups excluding carboxylic acids is 2. The average molecular weight is 206 g/mol. The average Bonchev–Trinajstić information content (AvgIpc) is 2.03. The highest BCUT2D eigenvalue weighted by atomic mass is 16.5. The second-order valence-electron chi connectivity index (χ2n) is 2.86. The molecule has 82 valence electrons. The number of hydrogen-bond donors (Lipinski definition) is 3. The molecule has 14 heavy (non-hydrogen) atoms. The summed E-state index contributed by atoms with van der Waals surface area (Å²) >= 11 is 0. The molecule has 0 aromatic rings. The van der Waals surface area contributed by atoms with Crippen LogP contribution in [0.5, 0.6) is 0 Å². The lowest BCUT2D eigenvalue weighted by molar-refractivity contribution is -0.179. The van der Waals surface area contributed by atoms with Gasteiger partial charge in [-0.25, -0.2) is 10.1 Å². The molecular weight excluding hydrogens is 192 g/mol. The number of rotatable bonds is 4. The number of aliphatic hydroxyl groups is 1. The molecule has 0 aliphatic heterocycles. The summed E-state index contributed by atoms with van der Waals surface area (Å²) in [6, 6.07) is 0. The number of hydrogen-bond acceptors (Lipinski definition) is 5. The van der Waals surface area contributed by atoms with E-state index in [1.54, 1.807) is 0 Å². The highest BCUT2D eigenvalue weighted by molar-refractivity contribution is 5.72. The first-order valence-corrected chi connectivity index (χ1v) is 3.96. The Morgan fingerprint density at radius 3 is 1.57 bits per heavy atom. The fraction of sp³-hybridized carbons (Fsp3) is 0.714. The van der Waals surface area contributed by atoms with Gasteiger partial charge in [-0.3, -0.25) is 20.0 Å². The molecule has 7 heteroatoms. The van der Waals surface area contributed by atoms with Gasteiger partial charge in [0.25, 0.3) is 0 Å². The van der Waals surface area contributed by atoms with E-state index in [0.29, 0.717) is 10.1 Å². The van der Waals surface area contributed by atoms with Gasteiger partial charge in [-0.15, -0.1) is 0 Å². The van der Waals surface area contributed by atoms with E-state index in [1.165, 1.54) is 0 Å². The van der Waals surface area contributed by atoms with Gasteiger partial charge < -0.3 is 5.11 Å². The Kier molecular flexibility index (Phi) is 5.06. The molecular formula is C7H14N2O5. The maximum Gasteiger partial charge on any atom is 0.242 e. The Morgan fingerprint density at radius 1 is 1.07 bits per heavy atom. The Labute approximate surface area is 81.1 Å². The van der Waals surface area contributed by atoms with Crippen molar-refractivity contribution in [3.63, 3.8) is 0 Å². The Morgan fingerprint density at radius 2 is 1.36 bits per heavy atom. The summed E-state index contributed by atoms with van der Waals surface area (Å²) in [4.78, 5) is 21.0. The van der Waals surface area contributed by atoms with E-state index in [4.69, 9.17) is 10.4 Å². The van der Waals surface area contributed by atoms with Crippen LogP contribution in [-0.2, 0) is 9.59 Å². The molecule has 0 aromatic heterocycles. The minimum atomic E-state index is -1.20. The largest absolute Gasteiger partial charge is 0.389 e. The van der Waals surface area contributed by atoms with E-state index >= 15 is 0 Å². The molecule has 0 atom stereocenters. The summed E-state index contributed by atoms with van der Waals surface area (Å²) in [6.45, 7) is 1.52. The summed E-state index contributed by atoms with van der Waals surface area (Å²) in [5, 5.41) is 27.6. The van der Waals surface area contributed by atoms with Gasteiger partial charge in [0.2, 0.25) is 11.8 Å². The highest BCUT2D eigenvalue weighted by Crippen LogP contribution is 1.93. The van der Waals surface area contributed by atoms with E-state index in [-0.39, 0.29) is 13.1 Å². The second-order valence-corrected chi connectivity index (χ2v) is 2.86. The lowest BCUT2D eigenvalue weighted by Gasteiger charge is -2.20. The molecule has 0 heterocycles. The van der Waals surface area contributed by atoms with Crippen LogP contribution in [-0.4, -0.2) is 56.7 Å². The van der Waals surface area contributed by atoms with Crippen molar-refractivity contribution in [2.75, 3.05) is 13.1 Å². The molecule has 0 unspecified atom stereocenters. The van der Waals surface area contributed by atoms with Crippen molar-refractivity contribution in [1.82, 2.24) is 10.1 Å². The second kappa shape index (κ2) is 5.53. The molecule has 0 fully saturated rings. The SMILES string of the molecule is CC(=O)N(O)CC(O)CN(O)C(C)=O. The van der Waals surface area contributed by atoms with Crippen LogP contribution in [0.2, 0.25) is 0 Å². The van der Waals surface area contributed by atoms with Gasteiger partial charge in [0.15, 0.2) is 0 Å². The van der Waals surface area contributed by atoms with Crippen LogP contribution in [0.3, 0.4) is 0 Å². The van der Waals surface area contributed by atoms with Crippen molar-refractivity contribution in [2.45, 2.75) is 20.0 Å². The number of carbonyl (C=O) groups is 2. The first kappa shape index (κ1) is 12.8. The maximum atomic E-state index is 10.5. The molecule has 0 rings (SSSR count). The summed E-state index contributed by atoms with van der Waals surface area (Å²) in [5.74, 6) is -1.26. The fourth-order valence-electron chi connectivity index (χ4n) is 0.714. The van der Waals surface area contributed by atoms with Gasteiger partial charge in [-0.1, -0.05) is 0 Å². The molecule has 0 aliphatic rings. The zero-order valence-corrected chi connectivity index (χ0v) is 8.04. The van der Waals surface area contributed by atoms with Gasteiger partial charge >= 0.3 is 0 Å². The number of hydroxylamine groups is 4. The van der Waals surface area contributed by atoms with Crippen molar-refractivity contribution in [2.24, 2.45) is 0 Å². The van der Waals surface area contributed by atoms with Crippen LogP contribution < -0.4 is 0 Å². The molecule has 0 radical (unpaired) electrons.